The molecule has 0 fully saturated rings. The van der Waals surface area contributed by atoms with Crippen LogP contribution in [0.1, 0.15) is 232 Å². The normalized spacial score (nSPS) is 14.1. The number of allylic oxidation sites excluding steroid dienone is 20. The third-order valence-electron chi connectivity index (χ3n) is 12.5. The minimum Gasteiger partial charge on any atom is -0.462 e. The molecular weight excluding hydrogens is 966 g/mol. The van der Waals surface area contributed by atoms with Crippen LogP contribution in [-0.4, -0.2) is 74.9 Å². The highest BCUT2D eigenvalue weighted by Gasteiger charge is 2.27. The number of hydrogen-bond donors (Lipinski definition) is 1. The Labute approximate surface area is 467 Å². The summed E-state index contributed by atoms with van der Waals surface area (Å²) in [7, 11) is 1.46. The molecule has 0 aliphatic heterocycles. The minimum atomic E-state index is -4.39. The number of unbranched alkanes of at least 4 members (excludes halogenated alkanes) is 20. The number of nitrogens with zero attached hydrogens (tertiary/aromatic N) is 1. The van der Waals surface area contributed by atoms with E-state index >= 15 is 0 Å². The Morgan fingerprint density at radius 3 is 1.13 bits per heavy atom. The van der Waals surface area contributed by atoms with Crippen LogP contribution in [0.4, 0.5) is 0 Å². The van der Waals surface area contributed by atoms with Gasteiger partial charge in [0.15, 0.2) is 6.10 Å². The summed E-state index contributed by atoms with van der Waals surface area (Å²) < 4.78 is 34.5. The second kappa shape index (κ2) is 56.1. The van der Waals surface area contributed by atoms with Crippen molar-refractivity contribution in [2.45, 2.75) is 238 Å². The predicted molar refractivity (Wildman–Crippen MR) is 325 cm³/mol. The van der Waals surface area contributed by atoms with Crippen LogP contribution >= 0.6 is 7.82 Å². The van der Waals surface area contributed by atoms with Crippen LogP contribution < -0.4 is 0 Å². The van der Waals surface area contributed by atoms with E-state index in [4.69, 9.17) is 18.5 Å². The molecule has 0 bridgehead atoms. The zero-order chi connectivity index (χ0) is 55.6. The molecular formula is C66H113NO8P+. The molecule has 0 spiro atoms. The van der Waals surface area contributed by atoms with Gasteiger partial charge in [0.1, 0.15) is 19.8 Å². The maximum absolute atomic E-state index is 12.8. The third-order valence-corrected chi connectivity index (χ3v) is 13.5. The molecule has 9 nitrogen and oxygen atoms in total. The number of phosphoric acid groups is 1. The van der Waals surface area contributed by atoms with Crippen LogP contribution in [0.3, 0.4) is 0 Å². The maximum Gasteiger partial charge on any atom is 0.472 e. The van der Waals surface area contributed by atoms with Crippen molar-refractivity contribution in [1.82, 2.24) is 0 Å². The molecule has 0 saturated carbocycles. The number of esters is 2. The third kappa shape index (κ3) is 59.7. The number of likely N-dealkylation sites (N-methyl/N-ethyl adjacent to an activating group) is 1. The van der Waals surface area contributed by atoms with Gasteiger partial charge in [-0.15, -0.1) is 0 Å². The van der Waals surface area contributed by atoms with Gasteiger partial charge in [0.2, 0.25) is 0 Å². The van der Waals surface area contributed by atoms with Crippen LogP contribution in [0.25, 0.3) is 0 Å². The highest BCUT2D eigenvalue weighted by Crippen LogP contribution is 2.43. The zero-order valence-corrected chi connectivity index (χ0v) is 50.1. The summed E-state index contributed by atoms with van der Waals surface area (Å²) in [4.78, 5) is 35.6. The Balaban J connectivity index is 4.07. The lowest BCUT2D eigenvalue weighted by molar-refractivity contribution is -0.870. The van der Waals surface area contributed by atoms with Crippen LogP contribution in [0.5, 0.6) is 0 Å². The lowest BCUT2D eigenvalue weighted by Gasteiger charge is -2.24. The topological polar surface area (TPSA) is 108 Å². The van der Waals surface area contributed by atoms with Crippen molar-refractivity contribution in [3.05, 3.63) is 122 Å². The average Bonchev–Trinajstić information content (AvgIpc) is 3.38. The Morgan fingerprint density at radius 1 is 0.421 bits per heavy atom. The fourth-order valence-electron chi connectivity index (χ4n) is 7.83. The predicted octanol–water partition coefficient (Wildman–Crippen LogP) is 19.1. The van der Waals surface area contributed by atoms with Gasteiger partial charge in [0.05, 0.1) is 27.7 Å². The fourth-order valence-corrected chi connectivity index (χ4v) is 8.57. The first-order valence-electron chi connectivity index (χ1n) is 30.3. The van der Waals surface area contributed by atoms with Gasteiger partial charge in [-0.3, -0.25) is 18.6 Å². The fraction of sp³-hybridized carbons (Fsp3) is 0.667. The van der Waals surface area contributed by atoms with Gasteiger partial charge in [0.25, 0.3) is 0 Å². The van der Waals surface area contributed by atoms with Gasteiger partial charge in [-0.05, 0) is 109 Å². The van der Waals surface area contributed by atoms with E-state index in [0.29, 0.717) is 17.4 Å². The van der Waals surface area contributed by atoms with Gasteiger partial charge in [-0.1, -0.05) is 232 Å². The molecule has 0 aromatic rings. The van der Waals surface area contributed by atoms with Gasteiger partial charge < -0.3 is 18.9 Å². The van der Waals surface area contributed by atoms with Crippen molar-refractivity contribution < 1.29 is 42.1 Å². The molecule has 2 atom stereocenters. The number of hydrogen-bond acceptors (Lipinski definition) is 7. The van der Waals surface area contributed by atoms with Gasteiger partial charge in [0, 0.05) is 12.8 Å². The highest BCUT2D eigenvalue weighted by molar-refractivity contribution is 7.47. The van der Waals surface area contributed by atoms with Crippen LogP contribution in [0, 0.1) is 0 Å². The Kier molecular flexibility index (Phi) is 53.5. The van der Waals surface area contributed by atoms with Crippen LogP contribution in [0.15, 0.2) is 122 Å². The van der Waals surface area contributed by atoms with E-state index in [0.717, 1.165) is 122 Å². The number of carbonyl (C=O) groups is 2. The zero-order valence-electron chi connectivity index (χ0n) is 49.2. The van der Waals surface area contributed by atoms with Crippen molar-refractivity contribution in [3.63, 3.8) is 0 Å². The quantitative estimate of drug-likeness (QED) is 0.0211. The molecule has 76 heavy (non-hydrogen) atoms. The largest absolute Gasteiger partial charge is 0.472 e. The summed E-state index contributed by atoms with van der Waals surface area (Å²) >= 11 is 0. The number of phosphoric ester groups is 1. The summed E-state index contributed by atoms with van der Waals surface area (Å²) in [5.74, 6) is -0.816. The van der Waals surface area contributed by atoms with Crippen LogP contribution in [-0.2, 0) is 32.7 Å². The number of ether oxygens (including phenoxy) is 2. The monoisotopic (exact) mass is 1080 g/mol. The molecule has 0 aliphatic carbocycles. The Morgan fingerprint density at radius 2 is 0.750 bits per heavy atom. The maximum atomic E-state index is 12.8. The SMILES string of the molecule is CC/C=C\C/C=C\C/C=C\C/C=C\C/C=C\C/C=C\C/C=C\C/C=C\C/C=C\CCCCCCCCCCCCCC(=O)OC(COC(=O)CCCCCCC/C=C\CCCCCC)COP(=O)(O)OCC[N+](C)(C)C. The van der Waals surface area contributed by atoms with Crippen molar-refractivity contribution in [2.75, 3.05) is 47.5 Å². The molecule has 0 heterocycles. The molecule has 2 unspecified atom stereocenters. The molecule has 0 aromatic carbocycles. The van der Waals surface area contributed by atoms with E-state index in [1.165, 1.54) is 77.0 Å². The second-order valence-electron chi connectivity index (χ2n) is 21.0. The van der Waals surface area contributed by atoms with E-state index in [2.05, 4.69) is 135 Å². The molecule has 0 radical (unpaired) electrons. The van der Waals surface area contributed by atoms with Crippen molar-refractivity contribution in [1.29, 1.82) is 0 Å². The summed E-state index contributed by atoms with van der Waals surface area (Å²) in [6, 6.07) is 0. The molecule has 0 aliphatic rings. The van der Waals surface area contributed by atoms with Crippen molar-refractivity contribution in [3.8, 4) is 0 Å². The highest BCUT2D eigenvalue weighted by atomic mass is 31.2. The molecule has 0 aromatic heterocycles. The van der Waals surface area contributed by atoms with Gasteiger partial charge >= 0.3 is 19.8 Å². The van der Waals surface area contributed by atoms with Gasteiger partial charge in [-0.25, -0.2) is 4.57 Å². The Bertz CT molecular complexity index is 1700. The van der Waals surface area contributed by atoms with E-state index in [-0.39, 0.29) is 32.0 Å². The van der Waals surface area contributed by atoms with E-state index in [1.807, 2.05) is 21.1 Å². The number of rotatable bonds is 54. The molecule has 434 valence electrons. The first-order valence-corrected chi connectivity index (χ1v) is 31.8. The standard InChI is InChI=1S/C66H112NO8P/c1-6-8-10-12-14-16-18-20-21-22-23-24-25-26-27-28-29-30-31-32-33-34-35-36-37-38-39-40-41-42-43-44-45-47-49-51-53-55-57-59-66(69)75-64(63-74-76(70,71)73-61-60-67(3,4)5)62-72-65(68)58-56-54-52-50-48-46-19-17-15-13-11-9-7-2/h8,10,14,16-17,19-21,23-24,26-27,29-30,32-33,35-36,38-39,64H,6-7,9,11-13,15,18,22,25,28,31,34,37,40-63H2,1-5H3/p+1/b10-8-,16-14-,19-17-,21-20-,24-23-,27-26-,30-29-,33-32-,36-35-,39-38-. The summed E-state index contributed by atoms with van der Waals surface area (Å²) in [6.07, 6.45) is 80.0. The van der Waals surface area contributed by atoms with E-state index < -0.39 is 26.5 Å². The second-order valence-corrected chi connectivity index (χ2v) is 22.5. The average molecular weight is 1080 g/mol. The summed E-state index contributed by atoms with van der Waals surface area (Å²) in [6.45, 7) is 4.28. The first-order chi connectivity index (χ1) is 37.0. The minimum absolute atomic E-state index is 0.0251. The Hall–Kier alpha value is -3.59. The van der Waals surface area contributed by atoms with Gasteiger partial charge in [-0.2, -0.15) is 0 Å². The molecule has 0 amide bonds. The number of carbonyl (C=O) groups excluding carboxylic acids is 2. The lowest BCUT2D eigenvalue weighted by Crippen LogP contribution is -2.37. The van der Waals surface area contributed by atoms with E-state index in [9.17, 15) is 19.0 Å². The number of quaternary nitrogens is 1. The van der Waals surface area contributed by atoms with E-state index in [1.54, 1.807) is 0 Å². The van der Waals surface area contributed by atoms with Crippen molar-refractivity contribution >= 4 is 19.8 Å². The molecule has 0 rings (SSSR count). The molecule has 1 N–H and O–H groups in total. The van der Waals surface area contributed by atoms with Crippen LogP contribution in [0.2, 0.25) is 0 Å². The summed E-state index contributed by atoms with van der Waals surface area (Å²) in [5, 5.41) is 0. The first kappa shape index (κ1) is 72.4. The molecule has 0 saturated heterocycles. The van der Waals surface area contributed by atoms with Crippen molar-refractivity contribution in [2.24, 2.45) is 0 Å². The summed E-state index contributed by atoms with van der Waals surface area (Å²) in [5.41, 5.74) is 0. The molecule has 10 heteroatoms. The lowest BCUT2D eigenvalue weighted by atomic mass is 10.0. The smallest absolute Gasteiger partial charge is 0.462 e.